The molecular weight excluding hydrogens is 371 g/mol. The molecule has 0 aliphatic carbocycles. The molecular formula is C19H27FN2O6. The van der Waals surface area contributed by atoms with E-state index in [1.54, 1.807) is 24.3 Å². The van der Waals surface area contributed by atoms with E-state index in [2.05, 4.69) is 10.6 Å². The van der Waals surface area contributed by atoms with Crippen LogP contribution in [0.2, 0.25) is 0 Å². The van der Waals surface area contributed by atoms with Crippen molar-refractivity contribution in [3.63, 3.8) is 0 Å². The van der Waals surface area contributed by atoms with Gasteiger partial charge in [-0.1, -0.05) is 44.2 Å². The summed E-state index contributed by atoms with van der Waals surface area (Å²) in [5.74, 6) is -1.99. The van der Waals surface area contributed by atoms with E-state index < -0.39 is 49.3 Å². The number of hydrogen-bond donors (Lipinski definition) is 4. The number of nitrogens with one attached hydrogen (secondary N) is 2. The van der Waals surface area contributed by atoms with E-state index in [0.717, 1.165) is 5.56 Å². The Hall–Kier alpha value is -2.68. The standard InChI is InChI=1S/C19H27FN2O6/c1-12(2)8-15(18(26)21-14(9-17(24)25)16(23)10-20)22-19(27)28-11-13-6-4-3-5-7-13/h3-7,12,14-16,23H,8-11H2,1-2H3,(H,21,26)(H,22,27)(H,24,25)/t14?,15-,16?/m0/s1. The Kier molecular flexibility index (Phi) is 9.94. The Morgan fingerprint density at radius 3 is 2.32 bits per heavy atom. The number of carbonyl (C=O) groups excluding carboxylic acids is 2. The lowest BCUT2D eigenvalue weighted by Crippen LogP contribution is -2.53. The molecule has 0 saturated carbocycles. The van der Waals surface area contributed by atoms with E-state index in [4.69, 9.17) is 9.84 Å². The molecule has 1 aromatic carbocycles. The molecule has 0 aliphatic rings. The highest BCUT2D eigenvalue weighted by Crippen LogP contribution is 2.09. The largest absolute Gasteiger partial charge is 0.481 e. The van der Waals surface area contributed by atoms with Crippen molar-refractivity contribution in [2.45, 2.75) is 51.5 Å². The molecule has 0 bridgehead atoms. The number of hydrogen-bond acceptors (Lipinski definition) is 5. The summed E-state index contributed by atoms with van der Waals surface area (Å²) in [7, 11) is 0. The van der Waals surface area contributed by atoms with Crippen LogP contribution < -0.4 is 10.6 Å². The number of aliphatic hydroxyl groups is 1. The molecule has 0 spiro atoms. The van der Waals surface area contributed by atoms with Gasteiger partial charge < -0.3 is 25.6 Å². The summed E-state index contributed by atoms with van der Waals surface area (Å²) in [6, 6.07) is 6.64. The van der Waals surface area contributed by atoms with Gasteiger partial charge in [0.15, 0.2) is 0 Å². The van der Waals surface area contributed by atoms with E-state index >= 15 is 0 Å². The number of alkyl halides is 1. The Morgan fingerprint density at radius 2 is 1.79 bits per heavy atom. The Bertz CT molecular complexity index is 641. The van der Waals surface area contributed by atoms with Crippen LogP contribution in [0.25, 0.3) is 0 Å². The van der Waals surface area contributed by atoms with Crippen molar-refractivity contribution in [1.82, 2.24) is 10.6 Å². The molecule has 28 heavy (non-hydrogen) atoms. The number of alkyl carbamates (subject to hydrolysis) is 1. The molecule has 1 aromatic rings. The number of amides is 2. The van der Waals surface area contributed by atoms with E-state index in [-0.39, 0.29) is 18.9 Å². The van der Waals surface area contributed by atoms with Crippen LogP contribution in [0.15, 0.2) is 30.3 Å². The van der Waals surface area contributed by atoms with E-state index in [1.165, 1.54) is 0 Å². The Balaban J connectivity index is 2.72. The van der Waals surface area contributed by atoms with Gasteiger partial charge in [0.05, 0.1) is 12.5 Å². The van der Waals surface area contributed by atoms with Crippen LogP contribution in [-0.4, -0.2) is 53.0 Å². The van der Waals surface area contributed by atoms with Gasteiger partial charge in [0, 0.05) is 0 Å². The van der Waals surface area contributed by atoms with Gasteiger partial charge in [-0.05, 0) is 17.9 Å². The molecule has 0 aliphatic heterocycles. The predicted octanol–water partition coefficient (Wildman–Crippen LogP) is 1.62. The fourth-order valence-corrected chi connectivity index (χ4v) is 2.47. The lowest BCUT2D eigenvalue weighted by Gasteiger charge is -2.25. The number of carboxylic acid groups (broad SMARTS) is 1. The number of aliphatic hydroxyl groups excluding tert-OH is 1. The summed E-state index contributed by atoms with van der Waals surface area (Å²) in [6.45, 7) is 2.48. The van der Waals surface area contributed by atoms with Crippen LogP contribution in [0, 0.1) is 5.92 Å². The maximum atomic E-state index is 12.7. The van der Waals surface area contributed by atoms with Gasteiger partial charge in [0.1, 0.15) is 25.4 Å². The SMILES string of the molecule is CC(C)C[C@H](NC(=O)OCc1ccccc1)C(=O)NC(CC(=O)O)C(O)CF. The maximum Gasteiger partial charge on any atom is 0.408 e. The van der Waals surface area contributed by atoms with E-state index in [0.29, 0.717) is 0 Å². The molecule has 3 atom stereocenters. The second-order valence-electron chi connectivity index (χ2n) is 6.82. The number of carboxylic acids is 1. The number of carbonyl (C=O) groups is 3. The summed E-state index contributed by atoms with van der Waals surface area (Å²) in [5, 5.41) is 23.2. The molecule has 4 N–H and O–H groups in total. The van der Waals surface area contributed by atoms with Gasteiger partial charge in [0.2, 0.25) is 5.91 Å². The van der Waals surface area contributed by atoms with Crippen molar-refractivity contribution < 1.29 is 33.7 Å². The van der Waals surface area contributed by atoms with Crippen molar-refractivity contribution in [1.29, 1.82) is 0 Å². The van der Waals surface area contributed by atoms with Crippen LogP contribution in [0.1, 0.15) is 32.3 Å². The quantitative estimate of drug-likeness (QED) is 0.449. The smallest absolute Gasteiger partial charge is 0.408 e. The first-order valence-electron chi connectivity index (χ1n) is 8.96. The topological polar surface area (TPSA) is 125 Å². The third kappa shape index (κ3) is 8.81. The second kappa shape index (κ2) is 11.9. The summed E-state index contributed by atoms with van der Waals surface area (Å²) in [4.78, 5) is 35.4. The fourth-order valence-electron chi connectivity index (χ4n) is 2.47. The van der Waals surface area contributed by atoms with Crippen LogP contribution in [-0.2, 0) is 20.9 Å². The lowest BCUT2D eigenvalue weighted by atomic mass is 10.0. The first-order chi connectivity index (χ1) is 13.2. The van der Waals surface area contributed by atoms with Gasteiger partial charge in [-0.3, -0.25) is 9.59 Å². The molecule has 8 nitrogen and oxygen atoms in total. The van der Waals surface area contributed by atoms with Crippen LogP contribution in [0.3, 0.4) is 0 Å². The average molecular weight is 398 g/mol. The normalized spacial score (nSPS) is 14.0. The van der Waals surface area contributed by atoms with E-state index in [9.17, 15) is 23.9 Å². The molecule has 0 heterocycles. The van der Waals surface area contributed by atoms with Crippen molar-refractivity contribution in [2.75, 3.05) is 6.67 Å². The first-order valence-corrected chi connectivity index (χ1v) is 8.96. The van der Waals surface area contributed by atoms with Gasteiger partial charge in [0.25, 0.3) is 0 Å². The van der Waals surface area contributed by atoms with Crippen LogP contribution in [0.4, 0.5) is 9.18 Å². The minimum Gasteiger partial charge on any atom is -0.481 e. The number of aliphatic carboxylic acids is 1. The summed E-state index contributed by atoms with van der Waals surface area (Å²) in [5.41, 5.74) is 0.773. The second-order valence-corrected chi connectivity index (χ2v) is 6.82. The zero-order valence-corrected chi connectivity index (χ0v) is 15.9. The minimum atomic E-state index is -1.66. The van der Waals surface area contributed by atoms with E-state index in [1.807, 2.05) is 19.9 Å². The molecule has 156 valence electrons. The summed E-state index contributed by atoms with van der Waals surface area (Å²) < 4.78 is 17.8. The van der Waals surface area contributed by atoms with Gasteiger partial charge in [-0.15, -0.1) is 0 Å². The Morgan fingerprint density at radius 1 is 1.14 bits per heavy atom. The maximum absolute atomic E-state index is 12.7. The van der Waals surface area contributed by atoms with Gasteiger partial charge >= 0.3 is 12.1 Å². The number of halogens is 1. The Labute approximate surface area is 163 Å². The van der Waals surface area contributed by atoms with Gasteiger partial charge in [-0.2, -0.15) is 0 Å². The molecule has 2 unspecified atom stereocenters. The third-order valence-electron chi connectivity index (χ3n) is 3.87. The number of ether oxygens (including phenoxy) is 1. The fraction of sp³-hybridized carbons (Fsp3) is 0.526. The number of rotatable bonds is 11. The monoisotopic (exact) mass is 398 g/mol. The summed E-state index contributed by atoms with van der Waals surface area (Å²) in [6.07, 6.45) is -2.88. The zero-order valence-electron chi connectivity index (χ0n) is 15.9. The van der Waals surface area contributed by atoms with Crippen LogP contribution in [0.5, 0.6) is 0 Å². The average Bonchev–Trinajstić information content (AvgIpc) is 2.64. The molecule has 0 saturated heterocycles. The highest BCUT2D eigenvalue weighted by atomic mass is 19.1. The third-order valence-corrected chi connectivity index (χ3v) is 3.87. The molecule has 0 radical (unpaired) electrons. The van der Waals surface area contributed by atoms with Crippen LogP contribution >= 0.6 is 0 Å². The molecule has 1 rings (SSSR count). The summed E-state index contributed by atoms with van der Waals surface area (Å²) >= 11 is 0. The lowest BCUT2D eigenvalue weighted by molar-refractivity contribution is -0.138. The molecule has 9 heteroatoms. The molecule has 2 amide bonds. The number of benzene rings is 1. The highest BCUT2D eigenvalue weighted by Gasteiger charge is 2.29. The van der Waals surface area contributed by atoms with Crippen molar-refractivity contribution in [3.8, 4) is 0 Å². The van der Waals surface area contributed by atoms with Crippen molar-refractivity contribution in [2.24, 2.45) is 5.92 Å². The first kappa shape index (κ1) is 23.4. The molecule has 0 aromatic heterocycles. The van der Waals surface area contributed by atoms with Crippen molar-refractivity contribution >= 4 is 18.0 Å². The zero-order chi connectivity index (χ0) is 21.1. The predicted molar refractivity (Wildman–Crippen MR) is 99.2 cm³/mol. The van der Waals surface area contributed by atoms with Crippen molar-refractivity contribution in [3.05, 3.63) is 35.9 Å². The van der Waals surface area contributed by atoms with Gasteiger partial charge in [-0.25, -0.2) is 9.18 Å². The highest BCUT2D eigenvalue weighted by molar-refractivity contribution is 5.86. The minimum absolute atomic E-state index is 0.0187. The molecule has 0 fully saturated rings.